The van der Waals surface area contributed by atoms with Gasteiger partial charge in [0, 0.05) is 0 Å². The minimum atomic E-state index is -2.17. The van der Waals surface area contributed by atoms with Crippen molar-refractivity contribution in [2.45, 2.75) is 0 Å². The van der Waals surface area contributed by atoms with Crippen molar-refractivity contribution in [2.24, 2.45) is 0 Å². The van der Waals surface area contributed by atoms with Crippen molar-refractivity contribution >= 4 is 31.2 Å². The summed E-state index contributed by atoms with van der Waals surface area (Å²) in [4.78, 5) is 0. The van der Waals surface area contributed by atoms with Crippen molar-refractivity contribution in [3.8, 4) is 0 Å². The first-order chi connectivity index (χ1) is 1.73. The van der Waals surface area contributed by atoms with Gasteiger partial charge < -0.3 is 15.1 Å². The van der Waals surface area contributed by atoms with E-state index in [9.17, 15) is 0 Å². The van der Waals surface area contributed by atoms with Gasteiger partial charge in [-0.15, -0.1) is 0 Å². The van der Waals surface area contributed by atoms with E-state index in [-0.39, 0.29) is 23.9 Å². The topological polar surface area (TPSA) is 60.7 Å². The molecule has 0 bridgehead atoms. The molecule has 0 aromatic heterocycles. The van der Waals surface area contributed by atoms with Crippen LogP contribution < -0.4 is 0 Å². The van der Waals surface area contributed by atoms with Crippen molar-refractivity contribution in [2.75, 3.05) is 0 Å². The Morgan fingerprint density at radius 1 is 1.00 bits per heavy atom. The van der Waals surface area contributed by atoms with Crippen LogP contribution in [0.3, 0.4) is 0 Å². The van der Waals surface area contributed by atoms with Crippen LogP contribution in [0.25, 0.3) is 0 Å². The predicted molar refractivity (Wildman–Crippen MR) is 21.0 cm³/mol. The maximum absolute atomic E-state index is 7.17. The molecule has 0 heterocycles. The van der Waals surface area contributed by atoms with Crippen molar-refractivity contribution in [3.63, 3.8) is 0 Å². The number of hydrogen-bond acceptors (Lipinski definition) is 3. The maximum atomic E-state index is 7.17. The molecule has 2 radical (unpaired) electrons. The van der Waals surface area contributed by atoms with Crippen LogP contribution in [-0.2, 0) is 0 Å². The third-order valence-corrected chi connectivity index (χ3v) is 0. The zero-order chi connectivity index (χ0) is 3.58. The fourth-order valence-electron chi connectivity index (χ4n) is 0. The quantitative estimate of drug-likeness (QED) is 0.351. The Balaban J connectivity index is 0. The Morgan fingerprint density at radius 3 is 1.00 bits per heavy atom. The molecule has 0 aliphatic heterocycles. The van der Waals surface area contributed by atoms with E-state index in [4.69, 9.17) is 15.1 Å². The van der Waals surface area contributed by atoms with E-state index in [2.05, 4.69) is 0 Å². The summed E-state index contributed by atoms with van der Waals surface area (Å²) in [6.45, 7) is 0. The molecular formula is H5BO3Sn. The Hall–Kier alpha value is 0.744. The van der Waals surface area contributed by atoms with Gasteiger partial charge in [-0.3, -0.25) is 0 Å². The van der Waals surface area contributed by atoms with Crippen LogP contribution in [0.2, 0.25) is 0 Å². The fourth-order valence-corrected chi connectivity index (χ4v) is 0. The van der Waals surface area contributed by atoms with Crippen LogP contribution >= 0.6 is 0 Å². The molecule has 5 heteroatoms. The molecule has 0 aromatic rings. The summed E-state index contributed by atoms with van der Waals surface area (Å²) in [5, 5.41) is 21.5. The molecule has 3 N–H and O–H groups in total. The van der Waals surface area contributed by atoms with Crippen molar-refractivity contribution < 1.29 is 15.1 Å². The van der Waals surface area contributed by atoms with Gasteiger partial charge in [-0.2, -0.15) is 0 Å². The fraction of sp³-hybridized carbons (Fsp3) is 0. The molecule has 0 rings (SSSR count). The summed E-state index contributed by atoms with van der Waals surface area (Å²) in [5.74, 6) is 0. The zero-order valence-electron chi connectivity index (χ0n) is 2.63. The first-order valence-corrected chi connectivity index (χ1v) is 0.775. The predicted octanol–water partition coefficient (Wildman–Crippen LogP) is -2.97. The summed E-state index contributed by atoms with van der Waals surface area (Å²) in [5.41, 5.74) is 0. The third-order valence-electron chi connectivity index (χ3n) is 0. The Morgan fingerprint density at radius 2 is 1.00 bits per heavy atom. The molecule has 0 aliphatic carbocycles. The normalized spacial score (nSPS) is 5.40. The van der Waals surface area contributed by atoms with Crippen LogP contribution in [0.15, 0.2) is 0 Å². The summed E-state index contributed by atoms with van der Waals surface area (Å²) in [6.07, 6.45) is 0. The minimum absolute atomic E-state index is 0. The molecule has 3 nitrogen and oxygen atoms in total. The molecule has 0 spiro atoms. The standard InChI is InChI=1S/BH3O3.Sn.2H/c2-1(3)4;;;/h2-4H;;;. The molecule has 0 atom stereocenters. The van der Waals surface area contributed by atoms with Crippen LogP contribution in [0.4, 0.5) is 0 Å². The van der Waals surface area contributed by atoms with E-state index in [1.54, 1.807) is 0 Å². The van der Waals surface area contributed by atoms with Gasteiger partial charge in [-0.05, 0) is 0 Å². The van der Waals surface area contributed by atoms with Crippen molar-refractivity contribution in [1.29, 1.82) is 0 Å². The Kier molecular flexibility index (Phi) is 8.75. The van der Waals surface area contributed by atoms with Crippen LogP contribution in [-0.4, -0.2) is 46.3 Å². The first-order valence-electron chi connectivity index (χ1n) is 0.775. The van der Waals surface area contributed by atoms with Gasteiger partial charge in [-0.25, -0.2) is 0 Å². The van der Waals surface area contributed by atoms with Crippen LogP contribution in [0.5, 0.6) is 0 Å². The number of rotatable bonds is 0. The summed E-state index contributed by atoms with van der Waals surface area (Å²) >= 11 is 0. The first kappa shape index (κ1) is 9.22. The van der Waals surface area contributed by atoms with Crippen LogP contribution in [0.1, 0.15) is 0 Å². The van der Waals surface area contributed by atoms with E-state index in [1.807, 2.05) is 0 Å². The Labute approximate surface area is 46.8 Å². The molecular weight excluding hydrogens is 178 g/mol. The van der Waals surface area contributed by atoms with Crippen LogP contribution in [0, 0.1) is 0 Å². The van der Waals surface area contributed by atoms with Gasteiger partial charge in [-0.1, -0.05) is 0 Å². The molecule has 0 amide bonds. The van der Waals surface area contributed by atoms with Gasteiger partial charge in [0.2, 0.25) is 0 Å². The molecule has 0 saturated heterocycles. The van der Waals surface area contributed by atoms with E-state index in [0.29, 0.717) is 0 Å². The van der Waals surface area contributed by atoms with Gasteiger partial charge in [0.25, 0.3) is 0 Å². The third kappa shape index (κ3) is 64.6. The van der Waals surface area contributed by atoms with E-state index < -0.39 is 7.32 Å². The van der Waals surface area contributed by atoms with Gasteiger partial charge in [0.05, 0.1) is 0 Å². The average Bonchev–Trinajstić information content (AvgIpc) is 0.811. The molecule has 0 fully saturated rings. The summed E-state index contributed by atoms with van der Waals surface area (Å²) in [7, 11) is -2.17. The monoisotopic (exact) mass is 184 g/mol. The Bertz CT molecular complexity index is 11.6. The molecule has 0 saturated carbocycles. The average molecular weight is 183 g/mol. The van der Waals surface area contributed by atoms with E-state index in [1.165, 1.54) is 0 Å². The molecule has 30 valence electrons. The number of hydrogen-bond donors (Lipinski definition) is 3. The summed E-state index contributed by atoms with van der Waals surface area (Å²) in [6, 6.07) is 0. The zero-order valence-corrected chi connectivity index (χ0v) is 6.66. The molecule has 0 aliphatic rings. The molecule has 5 heavy (non-hydrogen) atoms. The van der Waals surface area contributed by atoms with Gasteiger partial charge in [0.15, 0.2) is 0 Å². The second-order valence-electron chi connectivity index (χ2n) is 0.346. The van der Waals surface area contributed by atoms with Crippen molar-refractivity contribution in [1.82, 2.24) is 0 Å². The summed E-state index contributed by atoms with van der Waals surface area (Å²) < 4.78 is 0. The van der Waals surface area contributed by atoms with Gasteiger partial charge >= 0.3 is 31.2 Å². The van der Waals surface area contributed by atoms with E-state index in [0.717, 1.165) is 0 Å². The molecule has 0 unspecified atom stereocenters. The molecule has 0 aromatic carbocycles. The second-order valence-corrected chi connectivity index (χ2v) is 0.346. The SMILES string of the molecule is OB(O)O.[SnH2]. The van der Waals surface area contributed by atoms with Crippen molar-refractivity contribution in [3.05, 3.63) is 0 Å². The van der Waals surface area contributed by atoms with E-state index >= 15 is 0 Å². The second kappa shape index (κ2) is 4.74. The van der Waals surface area contributed by atoms with Gasteiger partial charge in [0.1, 0.15) is 0 Å².